The molecule has 1 aromatic carbocycles. The Kier molecular flexibility index (Phi) is 5.50. The quantitative estimate of drug-likeness (QED) is 0.811. The van der Waals surface area contributed by atoms with Gasteiger partial charge in [0.1, 0.15) is 5.69 Å². The third-order valence-electron chi connectivity index (χ3n) is 3.91. The van der Waals surface area contributed by atoms with E-state index in [1.807, 2.05) is 6.07 Å². The van der Waals surface area contributed by atoms with E-state index in [1.54, 1.807) is 30.5 Å². The summed E-state index contributed by atoms with van der Waals surface area (Å²) in [4.78, 5) is 18.7. The van der Waals surface area contributed by atoms with Crippen LogP contribution in [0.2, 0.25) is 5.02 Å². The Morgan fingerprint density at radius 2 is 2.25 bits per heavy atom. The molecule has 0 unspecified atom stereocenters. The number of carbonyl (C=O) groups excluding carboxylic acids is 1. The molecule has 0 aliphatic carbocycles. The van der Waals surface area contributed by atoms with E-state index in [9.17, 15) is 9.90 Å². The van der Waals surface area contributed by atoms with Gasteiger partial charge in [-0.05, 0) is 46.1 Å². The lowest BCUT2D eigenvalue weighted by Gasteiger charge is -2.14. The van der Waals surface area contributed by atoms with Gasteiger partial charge < -0.3 is 10.4 Å². The monoisotopic (exact) mass is 409 g/mol. The highest BCUT2D eigenvalue weighted by molar-refractivity contribution is 9.10. The highest BCUT2D eigenvalue weighted by atomic mass is 79.9. The Bertz CT molecular complexity index is 739. The number of benzene rings is 1. The van der Waals surface area contributed by atoms with Gasteiger partial charge in [-0.2, -0.15) is 0 Å². The van der Waals surface area contributed by atoms with Crippen LogP contribution < -0.4 is 5.32 Å². The van der Waals surface area contributed by atoms with E-state index >= 15 is 0 Å². The van der Waals surface area contributed by atoms with Crippen LogP contribution in [0.15, 0.2) is 41.0 Å². The number of halogens is 2. The van der Waals surface area contributed by atoms with Crippen molar-refractivity contribution >= 4 is 39.1 Å². The average Bonchev–Trinajstić information content (AvgIpc) is 2.97. The van der Waals surface area contributed by atoms with Gasteiger partial charge in [0.2, 0.25) is 0 Å². The molecule has 1 aliphatic rings. The molecule has 1 aliphatic heterocycles. The van der Waals surface area contributed by atoms with Gasteiger partial charge >= 0.3 is 0 Å². The smallest absolute Gasteiger partial charge is 0.274 e. The lowest BCUT2D eigenvalue weighted by atomic mass is 10.2. The summed E-state index contributed by atoms with van der Waals surface area (Å²) in [7, 11) is 0. The molecule has 0 spiro atoms. The van der Waals surface area contributed by atoms with Gasteiger partial charge in [0.15, 0.2) is 0 Å². The van der Waals surface area contributed by atoms with Crippen LogP contribution in [0, 0.1) is 0 Å². The van der Waals surface area contributed by atoms with Gasteiger partial charge in [-0.1, -0.05) is 23.7 Å². The molecule has 2 N–H and O–H groups in total. The Hall–Kier alpha value is -1.47. The normalized spacial score (nSPS) is 17.9. The van der Waals surface area contributed by atoms with Crippen molar-refractivity contribution in [1.29, 1.82) is 0 Å². The molecule has 0 radical (unpaired) electrons. The topological polar surface area (TPSA) is 65.5 Å². The fourth-order valence-electron chi connectivity index (χ4n) is 2.65. The number of hydrogen-bond donors (Lipinski definition) is 2. The number of carbonyl (C=O) groups is 1. The molecule has 0 saturated carbocycles. The second-order valence-corrected chi connectivity index (χ2v) is 7.02. The number of aliphatic hydroxyl groups is 1. The zero-order chi connectivity index (χ0) is 17.1. The molecule has 1 aromatic heterocycles. The molecule has 1 amide bonds. The number of hydrogen-bond acceptors (Lipinski definition) is 4. The summed E-state index contributed by atoms with van der Waals surface area (Å²) in [6.07, 6.45) is 2.27. The maximum absolute atomic E-state index is 12.3. The number of β-amino-alcohol motifs (C(OH)–C–C–N with tert-alkyl or cyclic N) is 1. The number of anilines is 1. The predicted octanol–water partition coefficient (Wildman–Crippen LogP) is 3.32. The first-order chi connectivity index (χ1) is 11.5. The second kappa shape index (κ2) is 7.61. The Morgan fingerprint density at radius 1 is 1.42 bits per heavy atom. The number of rotatable bonds is 4. The zero-order valence-electron chi connectivity index (χ0n) is 12.9. The molecule has 126 valence electrons. The van der Waals surface area contributed by atoms with E-state index in [0.717, 1.165) is 29.5 Å². The molecule has 1 fully saturated rings. The van der Waals surface area contributed by atoms with Crippen LogP contribution in [0.1, 0.15) is 22.5 Å². The predicted molar refractivity (Wildman–Crippen MR) is 97.2 cm³/mol. The summed E-state index contributed by atoms with van der Waals surface area (Å²) in [5.41, 5.74) is 1.88. The number of aliphatic hydroxyl groups excluding tert-OH is 1. The number of likely N-dealkylation sites (tertiary alicyclic amines) is 1. The van der Waals surface area contributed by atoms with Gasteiger partial charge in [-0.3, -0.25) is 14.7 Å². The molecule has 2 aromatic rings. The number of pyridine rings is 1. The van der Waals surface area contributed by atoms with Gasteiger partial charge in [0.05, 0.1) is 16.8 Å². The first-order valence-corrected chi connectivity index (χ1v) is 8.81. The minimum absolute atomic E-state index is 0.238. The molecule has 24 heavy (non-hydrogen) atoms. The summed E-state index contributed by atoms with van der Waals surface area (Å²) in [6, 6.07) is 8.92. The molecular weight excluding hydrogens is 394 g/mol. The molecule has 2 heterocycles. The van der Waals surface area contributed by atoms with E-state index < -0.39 is 0 Å². The van der Waals surface area contributed by atoms with Crippen LogP contribution in [-0.4, -0.2) is 40.1 Å². The number of nitrogens with one attached hydrogen (secondary N) is 1. The highest BCUT2D eigenvalue weighted by Crippen LogP contribution is 2.30. The standard InChI is InChI=1S/C17H17BrClN3O2/c18-13-2-1-3-14(16(13)19)21-17(24)15-5-4-11(8-20-15)9-22-7-6-12(23)10-22/h1-5,8,12,23H,6-7,9-10H2,(H,21,24)/t12-/m1/s1. The van der Waals surface area contributed by atoms with Gasteiger partial charge in [-0.15, -0.1) is 0 Å². The zero-order valence-corrected chi connectivity index (χ0v) is 15.2. The van der Waals surface area contributed by atoms with Crippen molar-refractivity contribution in [3.8, 4) is 0 Å². The van der Waals surface area contributed by atoms with Crippen molar-refractivity contribution in [2.45, 2.75) is 19.1 Å². The molecule has 1 atom stereocenters. The van der Waals surface area contributed by atoms with Gasteiger partial charge in [0.25, 0.3) is 5.91 Å². The van der Waals surface area contributed by atoms with E-state index in [1.165, 1.54) is 0 Å². The van der Waals surface area contributed by atoms with E-state index in [4.69, 9.17) is 11.6 Å². The van der Waals surface area contributed by atoms with Gasteiger partial charge in [-0.25, -0.2) is 0 Å². The van der Waals surface area contributed by atoms with E-state index in [-0.39, 0.29) is 12.0 Å². The van der Waals surface area contributed by atoms with E-state index in [2.05, 4.69) is 31.1 Å². The number of nitrogens with zero attached hydrogens (tertiary/aromatic N) is 2. The first-order valence-electron chi connectivity index (χ1n) is 7.63. The molecule has 5 nitrogen and oxygen atoms in total. The maximum atomic E-state index is 12.3. The lowest BCUT2D eigenvalue weighted by Crippen LogP contribution is -2.21. The van der Waals surface area contributed by atoms with Crippen molar-refractivity contribution < 1.29 is 9.90 Å². The summed E-state index contributed by atoms with van der Waals surface area (Å²) in [5.74, 6) is -0.307. The molecule has 0 bridgehead atoms. The Morgan fingerprint density at radius 3 is 2.92 bits per heavy atom. The average molecular weight is 411 g/mol. The Balaban J connectivity index is 1.64. The van der Waals surface area contributed by atoms with Crippen molar-refractivity contribution in [3.63, 3.8) is 0 Å². The summed E-state index contributed by atoms with van der Waals surface area (Å²) in [6.45, 7) is 2.29. The fraction of sp³-hybridized carbons (Fsp3) is 0.294. The molecule has 3 rings (SSSR count). The fourth-order valence-corrected chi connectivity index (χ4v) is 3.19. The van der Waals surface area contributed by atoms with Crippen LogP contribution in [0.4, 0.5) is 5.69 Å². The van der Waals surface area contributed by atoms with Crippen molar-refractivity contribution in [3.05, 3.63) is 57.3 Å². The minimum atomic E-state index is -0.307. The molecule has 1 saturated heterocycles. The van der Waals surface area contributed by atoms with Crippen molar-refractivity contribution in [1.82, 2.24) is 9.88 Å². The third-order valence-corrected chi connectivity index (χ3v) is 5.21. The van der Waals surface area contributed by atoms with Crippen LogP contribution in [0.25, 0.3) is 0 Å². The number of amides is 1. The largest absolute Gasteiger partial charge is 0.392 e. The molecule has 7 heteroatoms. The van der Waals surface area contributed by atoms with Crippen molar-refractivity contribution in [2.75, 3.05) is 18.4 Å². The second-order valence-electron chi connectivity index (χ2n) is 5.78. The maximum Gasteiger partial charge on any atom is 0.274 e. The summed E-state index contributed by atoms with van der Waals surface area (Å²) >= 11 is 9.48. The first kappa shape index (κ1) is 17.4. The van der Waals surface area contributed by atoms with Crippen LogP contribution >= 0.6 is 27.5 Å². The van der Waals surface area contributed by atoms with E-state index in [0.29, 0.717) is 22.9 Å². The molecular formula is C17H17BrClN3O2. The van der Waals surface area contributed by atoms with Gasteiger partial charge in [0, 0.05) is 30.3 Å². The lowest BCUT2D eigenvalue weighted by molar-refractivity contribution is 0.102. The summed E-state index contributed by atoms with van der Waals surface area (Å²) < 4.78 is 0.720. The highest BCUT2D eigenvalue weighted by Gasteiger charge is 2.20. The number of aromatic nitrogens is 1. The van der Waals surface area contributed by atoms with Crippen LogP contribution in [0.5, 0.6) is 0 Å². The van der Waals surface area contributed by atoms with Crippen LogP contribution in [0.3, 0.4) is 0 Å². The third kappa shape index (κ3) is 4.13. The SMILES string of the molecule is O=C(Nc1cccc(Br)c1Cl)c1ccc(CN2CC[C@@H](O)C2)cn1. The summed E-state index contributed by atoms with van der Waals surface area (Å²) in [5, 5.41) is 12.8. The minimum Gasteiger partial charge on any atom is -0.392 e. The van der Waals surface area contributed by atoms with Crippen molar-refractivity contribution in [2.24, 2.45) is 0 Å². The van der Waals surface area contributed by atoms with Crippen LogP contribution in [-0.2, 0) is 6.54 Å². The Labute approximate surface area is 153 Å².